The van der Waals surface area contributed by atoms with Crippen LogP contribution in [0.25, 0.3) is 5.57 Å². The summed E-state index contributed by atoms with van der Waals surface area (Å²) in [6.45, 7) is 0.656. The van der Waals surface area contributed by atoms with Crippen LogP contribution in [0.2, 0.25) is 0 Å². The third-order valence-corrected chi connectivity index (χ3v) is 2.91. The Morgan fingerprint density at radius 2 is 2.26 bits per heavy atom. The summed E-state index contributed by atoms with van der Waals surface area (Å²) in [7, 11) is 0. The van der Waals surface area contributed by atoms with Crippen LogP contribution in [0.1, 0.15) is 12.1 Å². The number of anilines is 1. The fourth-order valence-corrected chi connectivity index (χ4v) is 1.88. The van der Waals surface area contributed by atoms with E-state index in [9.17, 15) is 14.9 Å². The monoisotopic (exact) mass is 264 g/mol. The number of aromatic nitrogens is 1. The summed E-state index contributed by atoms with van der Waals surface area (Å²) < 4.78 is 0. The highest BCUT2D eigenvalue weighted by Gasteiger charge is 2.19. The molecule has 1 amide bonds. The summed E-state index contributed by atoms with van der Waals surface area (Å²) in [5, 5.41) is 19.4. The minimum absolute atomic E-state index is 0.135. The molecule has 8 heteroatoms. The molecule has 0 spiro atoms. The second-order valence-corrected chi connectivity index (χ2v) is 4.07. The topological polar surface area (TPSA) is 123 Å². The molecule has 8 nitrogen and oxygen atoms in total. The number of hydrogen-bond acceptors (Lipinski definition) is 5. The predicted octanol–water partition coefficient (Wildman–Crippen LogP) is 1.34. The summed E-state index contributed by atoms with van der Waals surface area (Å²) in [5.41, 5.74) is 6.69. The second kappa shape index (κ2) is 4.92. The van der Waals surface area contributed by atoms with Gasteiger partial charge in [0.2, 0.25) is 5.82 Å². The standard InChI is InChI=1S/C11H12N4O4/c12-10-9(15(18)19)2-1-8(13-10)7-3-5-14(6-4-7)11(16)17/h1-3H,4-6H2,(H2,12,13)(H,16,17). The molecule has 1 aromatic rings. The summed E-state index contributed by atoms with van der Waals surface area (Å²) in [6.07, 6.45) is 1.29. The first kappa shape index (κ1) is 12.8. The first-order valence-electron chi connectivity index (χ1n) is 5.57. The third-order valence-electron chi connectivity index (χ3n) is 2.91. The van der Waals surface area contributed by atoms with Crippen LogP contribution in [0.3, 0.4) is 0 Å². The molecule has 0 aromatic carbocycles. The maximum atomic E-state index is 10.8. The van der Waals surface area contributed by atoms with E-state index in [1.165, 1.54) is 17.0 Å². The minimum atomic E-state index is -0.966. The van der Waals surface area contributed by atoms with Gasteiger partial charge >= 0.3 is 11.8 Å². The summed E-state index contributed by atoms with van der Waals surface area (Å²) in [5.74, 6) is -0.135. The van der Waals surface area contributed by atoms with Crippen LogP contribution < -0.4 is 5.73 Å². The molecule has 1 aliphatic rings. The number of nitro groups is 1. The zero-order chi connectivity index (χ0) is 14.0. The van der Waals surface area contributed by atoms with Gasteiger partial charge in [0, 0.05) is 19.2 Å². The number of rotatable bonds is 2. The van der Waals surface area contributed by atoms with Gasteiger partial charge in [-0.2, -0.15) is 0 Å². The molecule has 0 atom stereocenters. The molecule has 100 valence electrons. The van der Waals surface area contributed by atoms with E-state index in [-0.39, 0.29) is 18.1 Å². The normalized spacial score (nSPS) is 14.9. The fraction of sp³-hybridized carbons (Fsp3) is 0.273. The Morgan fingerprint density at radius 3 is 2.74 bits per heavy atom. The predicted molar refractivity (Wildman–Crippen MR) is 67.5 cm³/mol. The van der Waals surface area contributed by atoms with Crippen molar-refractivity contribution in [3.63, 3.8) is 0 Å². The van der Waals surface area contributed by atoms with Gasteiger partial charge in [-0.25, -0.2) is 9.78 Å². The van der Waals surface area contributed by atoms with E-state index in [4.69, 9.17) is 10.8 Å². The summed E-state index contributed by atoms with van der Waals surface area (Å²) in [6, 6.07) is 2.83. The molecule has 0 fully saturated rings. The molecule has 1 aromatic heterocycles. The lowest BCUT2D eigenvalue weighted by Crippen LogP contribution is -2.33. The number of amides is 1. The van der Waals surface area contributed by atoms with Crippen molar-refractivity contribution >= 4 is 23.2 Å². The molecule has 0 aliphatic carbocycles. The fourth-order valence-electron chi connectivity index (χ4n) is 1.88. The Hall–Kier alpha value is -2.64. The summed E-state index contributed by atoms with van der Waals surface area (Å²) >= 11 is 0. The van der Waals surface area contributed by atoms with Gasteiger partial charge < -0.3 is 15.7 Å². The van der Waals surface area contributed by atoms with E-state index in [1.54, 1.807) is 6.08 Å². The lowest BCUT2D eigenvalue weighted by atomic mass is 10.0. The highest BCUT2D eigenvalue weighted by atomic mass is 16.6. The van der Waals surface area contributed by atoms with Crippen molar-refractivity contribution in [2.75, 3.05) is 18.8 Å². The maximum Gasteiger partial charge on any atom is 0.407 e. The zero-order valence-electron chi connectivity index (χ0n) is 9.94. The van der Waals surface area contributed by atoms with Crippen LogP contribution in [0, 0.1) is 10.1 Å². The van der Waals surface area contributed by atoms with Gasteiger partial charge in [0.05, 0.1) is 10.6 Å². The highest BCUT2D eigenvalue weighted by Crippen LogP contribution is 2.25. The molecule has 3 N–H and O–H groups in total. The van der Waals surface area contributed by atoms with E-state index in [2.05, 4.69) is 4.98 Å². The van der Waals surface area contributed by atoms with Gasteiger partial charge in [0.1, 0.15) is 0 Å². The molecule has 19 heavy (non-hydrogen) atoms. The lowest BCUT2D eigenvalue weighted by Gasteiger charge is -2.23. The SMILES string of the molecule is Nc1nc(C2=CCN(C(=O)O)CC2)ccc1[N+](=O)[O-]. The van der Waals surface area contributed by atoms with Gasteiger partial charge in [0.15, 0.2) is 0 Å². The number of nitrogens with zero attached hydrogens (tertiary/aromatic N) is 3. The van der Waals surface area contributed by atoms with Crippen LogP contribution in [-0.2, 0) is 0 Å². The minimum Gasteiger partial charge on any atom is -0.465 e. The summed E-state index contributed by atoms with van der Waals surface area (Å²) in [4.78, 5) is 26.1. The van der Waals surface area contributed by atoms with Gasteiger partial charge in [-0.05, 0) is 18.1 Å². The van der Waals surface area contributed by atoms with Crippen molar-refractivity contribution < 1.29 is 14.8 Å². The Balaban J connectivity index is 2.22. The Labute approximate surface area is 108 Å². The molecule has 0 bridgehead atoms. The Bertz CT molecular complexity index is 570. The van der Waals surface area contributed by atoms with E-state index in [1.807, 2.05) is 0 Å². The maximum absolute atomic E-state index is 10.8. The number of carboxylic acid groups (broad SMARTS) is 1. The van der Waals surface area contributed by atoms with Crippen molar-refractivity contribution in [1.29, 1.82) is 0 Å². The number of hydrogen-bond donors (Lipinski definition) is 2. The van der Waals surface area contributed by atoms with Crippen LogP contribution in [-0.4, -0.2) is 39.1 Å². The third kappa shape index (κ3) is 2.62. The first-order valence-corrected chi connectivity index (χ1v) is 5.57. The molecule has 1 aliphatic heterocycles. The zero-order valence-corrected chi connectivity index (χ0v) is 9.94. The smallest absolute Gasteiger partial charge is 0.407 e. The van der Waals surface area contributed by atoms with Gasteiger partial charge in [-0.1, -0.05) is 6.08 Å². The largest absolute Gasteiger partial charge is 0.465 e. The van der Waals surface area contributed by atoms with Crippen LogP contribution in [0.15, 0.2) is 18.2 Å². The molecule has 0 radical (unpaired) electrons. The molecular formula is C11H12N4O4. The Kier molecular flexibility index (Phi) is 3.32. The second-order valence-electron chi connectivity index (χ2n) is 4.07. The lowest BCUT2D eigenvalue weighted by molar-refractivity contribution is -0.384. The van der Waals surface area contributed by atoms with Crippen molar-refractivity contribution in [3.05, 3.63) is 34.0 Å². The molecular weight excluding hydrogens is 252 g/mol. The molecule has 0 unspecified atom stereocenters. The number of pyridine rings is 1. The van der Waals surface area contributed by atoms with E-state index < -0.39 is 11.0 Å². The van der Waals surface area contributed by atoms with Crippen LogP contribution in [0.4, 0.5) is 16.3 Å². The number of nitrogen functional groups attached to an aromatic ring is 1. The van der Waals surface area contributed by atoms with Crippen molar-refractivity contribution in [2.24, 2.45) is 0 Å². The molecule has 0 saturated heterocycles. The molecule has 0 saturated carbocycles. The van der Waals surface area contributed by atoms with Gasteiger partial charge in [-0.3, -0.25) is 10.1 Å². The van der Waals surface area contributed by atoms with Crippen LogP contribution >= 0.6 is 0 Å². The average molecular weight is 264 g/mol. The average Bonchev–Trinajstić information content (AvgIpc) is 2.38. The van der Waals surface area contributed by atoms with E-state index in [0.29, 0.717) is 18.7 Å². The first-order chi connectivity index (χ1) is 8.99. The number of carbonyl (C=O) groups is 1. The van der Waals surface area contributed by atoms with Crippen molar-refractivity contribution in [3.8, 4) is 0 Å². The van der Waals surface area contributed by atoms with Gasteiger partial charge in [0.25, 0.3) is 0 Å². The molecule has 2 heterocycles. The van der Waals surface area contributed by atoms with E-state index in [0.717, 1.165) is 5.57 Å². The number of nitrogens with two attached hydrogens (primary N) is 1. The Morgan fingerprint density at radius 1 is 1.53 bits per heavy atom. The molecule has 2 rings (SSSR count). The quantitative estimate of drug-likeness (QED) is 0.613. The van der Waals surface area contributed by atoms with Crippen molar-refractivity contribution in [1.82, 2.24) is 9.88 Å². The van der Waals surface area contributed by atoms with Crippen molar-refractivity contribution in [2.45, 2.75) is 6.42 Å². The van der Waals surface area contributed by atoms with Gasteiger partial charge in [-0.15, -0.1) is 0 Å². The van der Waals surface area contributed by atoms with Crippen LogP contribution in [0.5, 0.6) is 0 Å². The van der Waals surface area contributed by atoms with E-state index >= 15 is 0 Å². The highest BCUT2D eigenvalue weighted by molar-refractivity contribution is 5.71.